The minimum absolute atomic E-state index is 0.337. The van der Waals surface area contributed by atoms with E-state index >= 15 is 0 Å². The molecule has 0 amide bonds. The van der Waals surface area contributed by atoms with Crippen LogP contribution >= 0.6 is 11.6 Å². The topological polar surface area (TPSA) is 54.4 Å². The molecule has 0 N–H and O–H groups in total. The van der Waals surface area contributed by atoms with E-state index in [0.29, 0.717) is 18.2 Å². The van der Waals surface area contributed by atoms with Crippen LogP contribution in [0.25, 0.3) is 33.4 Å². The molecule has 1 aliphatic heterocycles. The summed E-state index contributed by atoms with van der Waals surface area (Å²) in [7, 11) is 3.95. The zero-order valence-electron chi connectivity index (χ0n) is 21.7. The molecular weight excluding hydrogens is 513 g/mol. The highest BCUT2D eigenvalue weighted by molar-refractivity contribution is 6.30. The quantitative estimate of drug-likeness (QED) is 0.227. The lowest BCUT2D eigenvalue weighted by atomic mass is 10.0. The predicted octanol–water partition coefficient (Wildman–Crippen LogP) is 6.79. The molecule has 0 saturated carbocycles. The van der Waals surface area contributed by atoms with E-state index in [2.05, 4.69) is 9.88 Å². The molecule has 3 heterocycles. The van der Waals surface area contributed by atoms with Crippen LogP contribution in [0.4, 0.5) is 15.9 Å². The molecule has 39 heavy (non-hydrogen) atoms. The van der Waals surface area contributed by atoms with Gasteiger partial charge in [0.1, 0.15) is 24.0 Å². The average molecular weight is 540 g/mol. The van der Waals surface area contributed by atoms with Crippen LogP contribution in [0.15, 0.2) is 79.1 Å². The zero-order valence-corrected chi connectivity index (χ0v) is 22.5. The number of ether oxygens (including phenoxy) is 1. The van der Waals surface area contributed by atoms with Crippen molar-refractivity contribution in [3.8, 4) is 28.3 Å². The van der Waals surface area contributed by atoms with E-state index in [0.717, 1.165) is 63.6 Å². The number of fused-ring (bicyclic) bond motifs is 2. The van der Waals surface area contributed by atoms with Crippen LogP contribution < -0.4 is 9.64 Å². The Balaban J connectivity index is 1.49. The lowest BCUT2D eigenvalue weighted by Crippen LogP contribution is -2.19. The molecule has 0 saturated heterocycles. The van der Waals surface area contributed by atoms with Gasteiger partial charge in [0.25, 0.3) is 0 Å². The van der Waals surface area contributed by atoms with Gasteiger partial charge in [-0.25, -0.2) is 14.4 Å². The van der Waals surface area contributed by atoms with Crippen molar-refractivity contribution in [2.45, 2.75) is 6.42 Å². The summed E-state index contributed by atoms with van der Waals surface area (Å²) in [4.78, 5) is 18.5. The molecule has 3 aromatic carbocycles. The molecule has 196 valence electrons. The molecule has 0 bridgehead atoms. The fourth-order valence-electron chi connectivity index (χ4n) is 4.89. The van der Waals surface area contributed by atoms with Crippen LogP contribution in [0.3, 0.4) is 0 Å². The maximum atomic E-state index is 14.2. The fourth-order valence-corrected chi connectivity index (χ4v) is 5.09. The van der Waals surface area contributed by atoms with Crippen molar-refractivity contribution >= 4 is 34.0 Å². The number of pyridine rings is 1. The lowest BCUT2D eigenvalue weighted by molar-refractivity contribution is 0.261. The normalized spacial score (nSPS) is 12.8. The Labute approximate surface area is 231 Å². The molecule has 0 spiro atoms. The minimum Gasteiger partial charge on any atom is -0.492 e. The van der Waals surface area contributed by atoms with Crippen molar-refractivity contribution in [2.75, 3.05) is 38.7 Å². The van der Waals surface area contributed by atoms with Gasteiger partial charge in [-0.1, -0.05) is 17.7 Å². The summed E-state index contributed by atoms with van der Waals surface area (Å²) < 4.78 is 20.2. The Morgan fingerprint density at radius 2 is 1.90 bits per heavy atom. The molecule has 0 radical (unpaired) electrons. The highest BCUT2D eigenvalue weighted by Gasteiger charge is 2.25. The third-order valence-corrected chi connectivity index (χ3v) is 7.08. The van der Waals surface area contributed by atoms with E-state index in [4.69, 9.17) is 26.3 Å². The van der Waals surface area contributed by atoms with Crippen LogP contribution in [0.1, 0.15) is 5.56 Å². The molecular formula is C31H27ClFN5O. The second kappa shape index (κ2) is 10.6. The molecule has 0 atom stereocenters. The summed E-state index contributed by atoms with van der Waals surface area (Å²) in [5, 5.41) is 1.65. The molecule has 6 nitrogen and oxygen atoms in total. The first-order valence-corrected chi connectivity index (χ1v) is 13.2. The van der Waals surface area contributed by atoms with Crippen molar-refractivity contribution in [2.24, 2.45) is 0 Å². The second-order valence-electron chi connectivity index (χ2n) is 9.81. The van der Waals surface area contributed by atoms with Crippen molar-refractivity contribution in [3.05, 3.63) is 95.5 Å². The Kier molecular flexibility index (Phi) is 6.85. The Hall–Kier alpha value is -4.07. The summed E-state index contributed by atoms with van der Waals surface area (Å²) in [5.74, 6) is 1.58. The summed E-state index contributed by atoms with van der Waals surface area (Å²) in [6, 6.07) is 20.5. The van der Waals surface area contributed by atoms with Gasteiger partial charge in [-0.2, -0.15) is 0 Å². The minimum atomic E-state index is -0.337. The van der Waals surface area contributed by atoms with Gasteiger partial charge in [-0.15, -0.1) is 0 Å². The number of rotatable bonds is 7. The van der Waals surface area contributed by atoms with E-state index in [1.165, 1.54) is 17.7 Å². The van der Waals surface area contributed by atoms with Gasteiger partial charge in [0.2, 0.25) is 0 Å². The van der Waals surface area contributed by atoms with Crippen LogP contribution in [0.5, 0.6) is 5.75 Å². The van der Waals surface area contributed by atoms with E-state index in [-0.39, 0.29) is 5.82 Å². The largest absolute Gasteiger partial charge is 0.492 e. The highest BCUT2D eigenvalue weighted by atomic mass is 35.5. The smallest absolute Gasteiger partial charge is 0.163 e. The SMILES string of the molecule is CN(C)CCOc1cc(F)ccc1-c1ccc2c(N3CCc4cc(Cl)ccc43)nc(-c3cccnc3)nc2c1. The van der Waals surface area contributed by atoms with E-state index < -0.39 is 0 Å². The maximum absolute atomic E-state index is 14.2. The van der Waals surface area contributed by atoms with Crippen molar-refractivity contribution < 1.29 is 9.13 Å². The number of likely N-dealkylation sites (N-methyl/N-ethyl adjacent to an activating group) is 1. The summed E-state index contributed by atoms with van der Waals surface area (Å²) in [6.07, 6.45) is 4.38. The van der Waals surface area contributed by atoms with Crippen LogP contribution in [0.2, 0.25) is 5.02 Å². The standard InChI is InChI=1S/C31H27ClFN5O/c1-37(2)14-15-39-29-18-24(33)7-9-25(29)20-5-8-26-27(17-20)35-30(22-4-3-12-34-19-22)36-31(26)38-13-11-21-16-23(32)6-10-28(21)38/h3-10,12,16-19H,11,13-15H2,1-2H3. The Morgan fingerprint density at radius 1 is 1.00 bits per heavy atom. The monoisotopic (exact) mass is 539 g/mol. The molecule has 1 aliphatic rings. The first-order valence-electron chi connectivity index (χ1n) is 12.8. The number of halogens is 2. The molecule has 6 rings (SSSR count). The van der Waals surface area contributed by atoms with Gasteiger partial charge < -0.3 is 14.5 Å². The Morgan fingerprint density at radius 3 is 2.72 bits per heavy atom. The summed E-state index contributed by atoms with van der Waals surface area (Å²) >= 11 is 6.28. The van der Waals surface area contributed by atoms with E-state index in [1.54, 1.807) is 18.5 Å². The Bertz CT molecular complexity index is 1660. The number of hydrogen-bond acceptors (Lipinski definition) is 6. The molecule has 0 fully saturated rings. The number of nitrogens with zero attached hydrogens (tertiary/aromatic N) is 5. The molecule has 0 aliphatic carbocycles. The lowest BCUT2D eigenvalue weighted by Gasteiger charge is -2.21. The predicted molar refractivity (Wildman–Crippen MR) is 154 cm³/mol. The highest BCUT2D eigenvalue weighted by Crippen LogP contribution is 2.40. The number of hydrogen-bond donors (Lipinski definition) is 0. The van der Waals surface area contributed by atoms with Gasteiger partial charge in [0, 0.05) is 58.8 Å². The third kappa shape index (κ3) is 5.15. The summed E-state index contributed by atoms with van der Waals surface area (Å²) in [5.41, 5.74) is 5.59. The maximum Gasteiger partial charge on any atom is 0.163 e. The zero-order chi connectivity index (χ0) is 26.9. The molecule has 0 unspecified atom stereocenters. The fraction of sp³-hybridized carbons (Fsp3) is 0.194. The van der Waals surface area contributed by atoms with Gasteiger partial charge >= 0.3 is 0 Å². The van der Waals surface area contributed by atoms with E-state index in [9.17, 15) is 4.39 Å². The van der Waals surface area contributed by atoms with Crippen molar-refractivity contribution in [3.63, 3.8) is 0 Å². The van der Waals surface area contributed by atoms with Crippen molar-refractivity contribution in [1.82, 2.24) is 19.9 Å². The number of aromatic nitrogens is 3. The second-order valence-corrected chi connectivity index (χ2v) is 10.2. The molecule has 2 aromatic heterocycles. The third-order valence-electron chi connectivity index (χ3n) is 6.84. The van der Waals surface area contributed by atoms with Gasteiger partial charge in [-0.3, -0.25) is 4.98 Å². The average Bonchev–Trinajstić information content (AvgIpc) is 3.35. The molecule has 5 aromatic rings. The summed E-state index contributed by atoms with van der Waals surface area (Å²) in [6.45, 7) is 1.96. The van der Waals surface area contributed by atoms with Crippen LogP contribution in [-0.4, -0.2) is 53.6 Å². The number of anilines is 2. The van der Waals surface area contributed by atoms with Gasteiger partial charge in [0.05, 0.1) is 5.52 Å². The van der Waals surface area contributed by atoms with Gasteiger partial charge in [-0.05, 0) is 86.2 Å². The van der Waals surface area contributed by atoms with Crippen LogP contribution in [-0.2, 0) is 6.42 Å². The molecule has 8 heteroatoms. The van der Waals surface area contributed by atoms with E-state index in [1.807, 2.05) is 67.5 Å². The van der Waals surface area contributed by atoms with Gasteiger partial charge in [0.15, 0.2) is 5.82 Å². The van der Waals surface area contributed by atoms with Crippen LogP contribution in [0, 0.1) is 5.82 Å². The first kappa shape index (κ1) is 25.2. The van der Waals surface area contributed by atoms with Crippen molar-refractivity contribution in [1.29, 1.82) is 0 Å². The first-order chi connectivity index (χ1) is 19.0. The number of benzene rings is 3.